The van der Waals surface area contributed by atoms with Gasteiger partial charge >= 0.3 is 24.2 Å². The SMILES string of the molecule is CC(C)(C)OC(=O)NC[C@H](O)Cn1cc(-c2ccc3c(c2)CC[C@H]([C@](C)(O/N=C(\C(=O)NC2C(=O)N(OS(=O)(=O)[O-])C2(C)C)c2csc(NC(=O)OC(C)(C)C)n2)C(=O)OC(C)(C)C)O3)c[n+]1CC1CN(C(=O)OC(C)(C)C)C1. The molecule has 6 rings (SSSR count). The van der Waals surface area contributed by atoms with Gasteiger partial charge in [-0.15, -0.1) is 16.0 Å². The summed E-state index contributed by atoms with van der Waals surface area (Å²) in [5.74, 6) is -2.64. The van der Waals surface area contributed by atoms with Crippen molar-refractivity contribution in [3.05, 3.63) is 47.2 Å². The summed E-state index contributed by atoms with van der Waals surface area (Å²) in [7, 11) is -5.38. The molecule has 2 fully saturated rings. The molecule has 3 aliphatic rings. The lowest BCUT2D eigenvalue weighted by atomic mass is 9.84. The van der Waals surface area contributed by atoms with E-state index in [1.54, 1.807) is 94.1 Å². The number of nitrogens with one attached hydrogen (secondary N) is 3. The van der Waals surface area contributed by atoms with Crippen LogP contribution in [0.1, 0.15) is 122 Å². The highest BCUT2D eigenvalue weighted by atomic mass is 32.3. The Balaban J connectivity index is 1.28. The molecule has 0 radical (unpaired) electrons. The van der Waals surface area contributed by atoms with Crippen LogP contribution in [0.25, 0.3) is 11.1 Å². The Labute approximate surface area is 463 Å². The first-order valence-corrected chi connectivity index (χ1v) is 27.7. The number of ether oxygens (including phenoxy) is 5. The number of alkyl carbamates (subject to hydrolysis) is 1. The number of aryl methyl sites for hydroxylation is 1. The van der Waals surface area contributed by atoms with Crippen LogP contribution in [0.5, 0.6) is 5.75 Å². The zero-order valence-electron chi connectivity index (χ0n) is 47.2. The minimum absolute atomic E-state index is 0.0342. The smallest absolute Gasteiger partial charge is 0.413 e. The van der Waals surface area contributed by atoms with Crippen LogP contribution in [0, 0.1) is 5.92 Å². The average Bonchev–Trinajstić information content (AvgIpc) is 3.90. The number of nitrogens with zero attached hydrogens (tertiary/aromatic N) is 6. The number of thiazole rings is 1. The standard InChI is InChI=1S/C51H73N9O17S2/c1-46(2,3)72-41(64)51(15,76-56-37(34-28-78-42(53-34)55-44(66)74-48(7,8)9)39(62)54-38-40(63)60(50(38,13)14)77-79(68,69)70)36-19-17-31-20-30(16-18-35(31)71-36)32-25-58(24-29-22-57(23-29)45(67)75-49(10,11)12)59(26-32)27-33(61)21-52-43(65)73-47(4,5)6/h16,18,20,25-26,28-29,33,36,38,61H,17,19,21-24,27H2,1-15H3,(H3-,52,53,54,55,62,65,66,68,69,70)/b56-37-/t33-,36+,38?,51-/m0/s1. The van der Waals surface area contributed by atoms with Crippen molar-refractivity contribution in [1.29, 1.82) is 0 Å². The molecule has 26 nitrogen and oxygen atoms in total. The van der Waals surface area contributed by atoms with Crippen LogP contribution < -0.4 is 25.4 Å². The lowest BCUT2D eigenvalue weighted by Gasteiger charge is -2.51. The number of fused-ring (bicyclic) bond motifs is 1. The number of aromatic nitrogens is 3. The Morgan fingerprint density at radius 2 is 1.54 bits per heavy atom. The summed E-state index contributed by atoms with van der Waals surface area (Å²) in [6.07, 6.45) is 0.250. The highest BCUT2D eigenvalue weighted by Gasteiger charge is 2.58. The average molecular weight is 1150 g/mol. The van der Waals surface area contributed by atoms with Crippen molar-refractivity contribution in [2.75, 3.05) is 25.0 Å². The minimum Gasteiger partial charge on any atom is -0.724 e. The van der Waals surface area contributed by atoms with E-state index in [-0.39, 0.29) is 36.3 Å². The molecule has 3 aliphatic heterocycles. The lowest BCUT2D eigenvalue weighted by Crippen LogP contribution is -2.76. The van der Waals surface area contributed by atoms with E-state index in [9.17, 15) is 46.8 Å². The van der Waals surface area contributed by atoms with Crippen molar-refractivity contribution >= 4 is 68.6 Å². The summed E-state index contributed by atoms with van der Waals surface area (Å²) in [4.78, 5) is 91.6. The van der Waals surface area contributed by atoms with Crippen LogP contribution in [0.15, 0.2) is 41.1 Å². The van der Waals surface area contributed by atoms with Gasteiger partial charge in [0.1, 0.15) is 46.4 Å². The monoisotopic (exact) mass is 1150 g/mol. The van der Waals surface area contributed by atoms with Gasteiger partial charge in [0.15, 0.2) is 23.5 Å². The molecule has 0 aliphatic carbocycles. The normalized spacial score (nSPS) is 19.1. The zero-order chi connectivity index (χ0) is 59.0. The van der Waals surface area contributed by atoms with Crippen molar-refractivity contribution in [1.82, 2.24) is 30.3 Å². The van der Waals surface area contributed by atoms with Crippen molar-refractivity contribution < 1.29 is 84.3 Å². The molecule has 0 saturated carbocycles. The van der Waals surface area contributed by atoms with Crippen LogP contribution >= 0.6 is 11.3 Å². The van der Waals surface area contributed by atoms with E-state index in [1.165, 1.54) is 26.2 Å². The number of hydroxylamine groups is 2. The van der Waals surface area contributed by atoms with E-state index in [1.807, 2.05) is 33.9 Å². The number of carbonyl (C=O) groups excluding carboxylic acids is 6. The van der Waals surface area contributed by atoms with E-state index < -0.39 is 104 Å². The molecule has 3 aromatic rings. The number of esters is 1. The van der Waals surface area contributed by atoms with Crippen LogP contribution in [0.3, 0.4) is 0 Å². The highest BCUT2D eigenvalue weighted by molar-refractivity contribution is 7.80. The number of carbonyl (C=O) groups is 6. The fourth-order valence-electron chi connectivity index (χ4n) is 8.34. The Morgan fingerprint density at radius 3 is 2.14 bits per heavy atom. The summed E-state index contributed by atoms with van der Waals surface area (Å²) in [5.41, 5.74) is -5.44. The molecule has 79 heavy (non-hydrogen) atoms. The van der Waals surface area contributed by atoms with Crippen molar-refractivity contribution in [2.24, 2.45) is 11.1 Å². The van der Waals surface area contributed by atoms with Gasteiger partial charge < -0.3 is 53.7 Å². The second-order valence-electron chi connectivity index (χ2n) is 24.2. The predicted octanol–water partition coefficient (Wildman–Crippen LogP) is 4.71. The number of hydrogen-bond donors (Lipinski definition) is 4. The fourth-order valence-corrected chi connectivity index (χ4v) is 9.47. The molecule has 28 heteroatoms. The molecular formula is C51H73N9O17S2. The van der Waals surface area contributed by atoms with Gasteiger partial charge in [0.25, 0.3) is 17.4 Å². The number of hydrogen-bond acceptors (Lipinski definition) is 20. The predicted molar refractivity (Wildman–Crippen MR) is 282 cm³/mol. The first-order valence-electron chi connectivity index (χ1n) is 25.5. The number of likely N-dealkylation sites (tertiary alicyclic amines) is 1. The number of anilines is 1. The fraction of sp³-hybridized carbons (Fsp3) is 0.627. The topological polar surface area (TPSA) is 321 Å². The van der Waals surface area contributed by atoms with Crippen LogP contribution in [0.2, 0.25) is 0 Å². The number of benzene rings is 1. The number of β-lactam (4-membered cyclic amide) rings is 1. The Hall–Kier alpha value is -6.62. The second-order valence-corrected chi connectivity index (χ2v) is 26.0. The van der Waals surface area contributed by atoms with Crippen molar-refractivity contribution in [3.8, 4) is 16.9 Å². The molecule has 4 atom stereocenters. The molecule has 2 aromatic heterocycles. The van der Waals surface area contributed by atoms with E-state index >= 15 is 0 Å². The molecular weight excluding hydrogens is 1070 g/mol. The van der Waals surface area contributed by atoms with Crippen LogP contribution in [0.4, 0.5) is 19.5 Å². The Bertz CT molecular complexity index is 2920. The van der Waals surface area contributed by atoms with Gasteiger partial charge in [0.05, 0.1) is 29.3 Å². The number of aliphatic hydroxyl groups is 1. The third-order valence-corrected chi connectivity index (χ3v) is 13.1. The van der Waals surface area contributed by atoms with E-state index in [0.29, 0.717) is 36.9 Å². The molecule has 4 N–H and O–H groups in total. The summed E-state index contributed by atoms with van der Waals surface area (Å²) in [5, 5.41) is 24.5. The van der Waals surface area contributed by atoms with Gasteiger partial charge in [0, 0.05) is 25.0 Å². The summed E-state index contributed by atoms with van der Waals surface area (Å²) in [6, 6.07) is 4.02. The van der Waals surface area contributed by atoms with Gasteiger partial charge in [-0.05, 0) is 140 Å². The molecule has 5 heterocycles. The molecule has 1 unspecified atom stereocenters. The number of amides is 5. The van der Waals surface area contributed by atoms with Gasteiger partial charge in [-0.25, -0.2) is 32.6 Å². The Morgan fingerprint density at radius 1 is 0.924 bits per heavy atom. The molecule has 1 aromatic carbocycles. The maximum atomic E-state index is 14.4. The highest BCUT2D eigenvalue weighted by Crippen LogP contribution is 2.38. The van der Waals surface area contributed by atoms with Crippen molar-refractivity contribution in [2.45, 2.75) is 182 Å². The number of aliphatic hydroxyl groups excluding tert-OH is 1. The maximum Gasteiger partial charge on any atom is 0.413 e. The minimum atomic E-state index is -5.38. The first-order chi connectivity index (χ1) is 36.2. The van der Waals surface area contributed by atoms with Crippen molar-refractivity contribution in [3.63, 3.8) is 0 Å². The lowest BCUT2D eigenvalue weighted by molar-refractivity contribution is -0.782. The van der Waals surface area contributed by atoms with E-state index in [2.05, 4.69) is 30.4 Å². The molecule has 0 spiro atoms. The third-order valence-electron chi connectivity index (χ3n) is 12.0. The zero-order valence-corrected chi connectivity index (χ0v) is 48.8. The van der Waals surface area contributed by atoms with Gasteiger partial charge in [-0.1, -0.05) is 11.2 Å². The molecule has 5 amide bonds. The van der Waals surface area contributed by atoms with Crippen LogP contribution in [-0.2, 0) is 72.4 Å². The summed E-state index contributed by atoms with van der Waals surface area (Å²) >= 11 is 0.878. The largest absolute Gasteiger partial charge is 0.724 e. The van der Waals surface area contributed by atoms with E-state index in [0.717, 1.165) is 28.0 Å². The summed E-state index contributed by atoms with van der Waals surface area (Å²) in [6.45, 7) is 26.0. The molecule has 2 saturated heterocycles. The third kappa shape index (κ3) is 16.5. The van der Waals surface area contributed by atoms with Gasteiger partial charge in [-0.2, -0.15) is 14.0 Å². The van der Waals surface area contributed by atoms with Crippen LogP contribution in [-0.4, -0.2) is 151 Å². The van der Waals surface area contributed by atoms with E-state index in [4.69, 9.17) is 28.5 Å². The number of rotatable bonds is 17. The summed E-state index contributed by atoms with van der Waals surface area (Å²) < 4.78 is 71.0. The number of oxime groups is 1. The van der Waals surface area contributed by atoms with Gasteiger partial charge in [0.2, 0.25) is 16.6 Å². The van der Waals surface area contributed by atoms with Gasteiger partial charge in [-0.3, -0.25) is 14.9 Å². The second kappa shape index (κ2) is 22.9. The molecule has 436 valence electrons. The maximum absolute atomic E-state index is 14.4. The Kier molecular flexibility index (Phi) is 17.8. The first kappa shape index (κ1) is 61.6. The quantitative estimate of drug-likeness (QED) is 0.0208. The molecule has 0 bridgehead atoms.